The van der Waals surface area contributed by atoms with Gasteiger partial charge in [0.05, 0.1) is 0 Å². The molecule has 2 heteroatoms. The van der Waals surface area contributed by atoms with Crippen molar-refractivity contribution < 1.29 is 4.79 Å². The highest BCUT2D eigenvalue weighted by Crippen LogP contribution is 2.23. The third kappa shape index (κ3) is 3.50. The number of carbonyl (C=O) groups is 1. The van der Waals surface area contributed by atoms with Gasteiger partial charge in [0.1, 0.15) is 0 Å². The Balaban J connectivity index is 2.43. The van der Waals surface area contributed by atoms with Gasteiger partial charge in [-0.15, -0.1) is 0 Å². The highest BCUT2D eigenvalue weighted by Gasteiger charge is 2.19. The molecule has 0 bridgehead atoms. The Morgan fingerprint density at radius 2 is 1.85 bits per heavy atom. The van der Waals surface area contributed by atoms with Crippen molar-refractivity contribution in [2.24, 2.45) is 5.92 Å². The fourth-order valence-corrected chi connectivity index (χ4v) is 1.63. The van der Waals surface area contributed by atoms with E-state index in [1.54, 1.807) is 4.90 Å². The number of Topliss-reactive ketones (excluding diaryl/α,β-unsaturated/α-hetero) is 1. The first-order valence-electron chi connectivity index (χ1n) is 4.93. The number of hydrogen-bond donors (Lipinski definition) is 0. The van der Waals surface area contributed by atoms with Gasteiger partial charge >= 0.3 is 0 Å². The average Bonchev–Trinajstić information content (AvgIpc) is 2.15. The molecule has 0 aromatic carbocycles. The predicted octanol–water partition coefficient (Wildman–Crippen LogP) is 1.66. The van der Waals surface area contributed by atoms with E-state index < -0.39 is 0 Å². The van der Waals surface area contributed by atoms with Crippen molar-refractivity contribution >= 4 is 5.78 Å². The Kier molecular flexibility index (Phi) is 3.82. The van der Waals surface area contributed by atoms with E-state index in [0.29, 0.717) is 0 Å². The lowest BCUT2D eigenvalue weighted by Crippen LogP contribution is -2.16. The normalized spacial score (nSPS) is 17.4. The molecule has 72 valence electrons. The minimum Gasteiger partial charge on any atom is -0.338 e. The van der Waals surface area contributed by atoms with Crippen LogP contribution in [0.3, 0.4) is 0 Å². The first-order valence-corrected chi connectivity index (χ1v) is 4.93. The van der Waals surface area contributed by atoms with Crippen molar-refractivity contribution in [2.75, 3.05) is 14.1 Å². The average molecular weight is 179 g/mol. The molecule has 2 nitrogen and oxygen atoms in total. The molecule has 0 radical (unpaired) electrons. The maximum absolute atomic E-state index is 11.5. The third-order valence-electron chi connectivity index (χ3n) is 2.38. The summed E-state index contributed by atoms with van der Waals surface area (Å²) in [4.78, 5) is 13.2. The molecule has 0 N–H and O–H groups in total. The third-order valence-corrected chi connectivity index (χ3v) is 2.38. The summed E-state index contributed by atoms with van der Waals surface area (Å²) in [6, 6.07) is 2.78. The number of rotatable bonds is 1. The van der Waals surface area contributed by atoms with Crippen LogP contribution in [-0.4, -0.2) is 24.8 Å². The molecule has 0 saturated heterocycles. The minimum atomic E-state index is 0.133. The molecular weight excluding hydrogens is 162 g/mol. The van der Waals surface area contributed by atoms with Crippen molar-refractivity contribution in [2.45, 2.75) is 32.1 Å². The van der Waals surface area contributed by atoms with Crippen molar-refractivity contribution in [3.63, 3.8) is 0 Å². The molecule has 0 aliphatic heterocycles. The summed E-state index contributed by atoms with van der Waals surface area (Å²) in [5.41, 5.74) is 0. The second-order valence-electron chi connectivity index (χ2n) is 3.83. The van der Waals surface area contributed by atoms with Crippen LogP contribution in [0.1, 0.15) is 32.1 Å². The molecular formula is C11H17NO. The van der Waals surface area contributed by atoms with E-state index in [0.717, 1.165) is 12.8 Å². The van der Waals surface area contributed by atoms with Gasteiger partial charge in [0.25, 0.3) is 0 Å². The van der Waals surface area contributed by atoms with Crippen LogP contribution in [0.4, 0.5) is 0 Å². The number of carbonyl (C=O) groups excluding carboxylic acids is 1. The summed E-state index contributed by atoms with van der Waals surface area (Å²) in [5, 5.41) is 0. The van der Waals surface area contributed by atoms with Gasteiger partial charge in [0.2, 0.25) is 5.78 Å². The van der Waals surface area contributed by atoms with E-state index in [2.05, 4.69) is 12.0 Å². The Bertz CT molecular complexity index is 228. The molecule has 0 aromatic rings. The topological polar surface area (TPSA) is 20.3 Å². The Hall–Kier alpha value is -0.970. The standard InChI is InChI=1S/C11H17NO/c1-12(2)9-8-11(13)10-6-4-3-5-7-10/h10H,3-7H2,1-2H3. The van der Waals surface area contributed by atoms with Gasteiger partial charge in [0.15, 0.2) is 0 Å². The maximum atomic E-state index is 11.5. The molecule has 1 aliphatic carbocycles. The summed E-state index contributed by atoms with van der Waals surface area (Å²) in [6.07, 6.45) is 5.76. The van der Waals surface area contributed by atoms with Crippen molar-refractivity contribution in [3.8, 4) is 12.0 Å². The smallest absolute Gasteiger partial charge is 0.210 e. The summed E-state index contributed by atoms with van der Waals surface area (Å²) in [6.45, 7) is 0. The molecule has 0 spiro atoms. The molecule has 1 fully saturated rings. The Morgan fingerprint density at radius 1 is 1.23 bits per heavy atom. The van der Waals surface area contributed by atoms with Crippen LogP contribution >= 0.6 is 0 Å². The van der Waals surface area contributed by atoms with Gasteiger partial charge in [0, 0.05) is 26.1 Å². The lowest BCUT2D eigenvalue weighted by molar-refractivity contribution is -0.118. The fraction of sp³-hybridized carbons (Fsp3) is 0.727. The fourth-order valence-electron chi connectivity index (χ4n) is 1.63. The largest absolute Gasteiger partial charge is 0.338 e. The van der Waals surface area contributed by atoms with Gasteiger partial charge in [-0.1, -0.05) is 19.3 Å². The molecule has 1 rings (SSSR count). The van der Waals surface area contributed by atoms with Gasteiger partial charge in [-0.25, -0.2) is 0 Å². The zero-order chi connectivity index (χ0) is 9.68. The van der Waals surface area contributed by atoms with E-state index in [4.69, 9.17) is 0 Å². The van der Waals surface area contributed by atoms with Gasteiger partial charge in [-0.2, -0.15) is 0 Å². The van der Waals surface area contributed by atoms with E-state index >= 15 is 0 Å². The van der Waals surface area contributed by atoms with E-state index in [9.17, 15) is 4.79 Å². The van der Waals surface area contributed by atoms with Crippen molar-refractivity contribution in [3.05, 3.63) is 0 Å². The summed E-state index contributed by atoms with van der Waals surface area (Å²) < 4.78 is 0. The van der Waals surface area contributed by atoms with E-state index in [1.165, 1.54) is 19.3 Å². The maximum Gasteiger partial charge on any atom is 0.210 e. The minimum absolute atomic E-state index is 0.133. The molecule has 1 saturated carbocycles. The number of nitrogens with zero attached hydrogens (tertiary/aromatic N) is 1. The van der Waals surface area contributed by atoms with E-state index in [-0.39, 0.29) is 11.7 Å². The predicted molar refractivity (Wildman–Crippen MR) is 53.0 cm³/mol. The molecule has 0 amide bonds. The lowest BCUT2D eigenvalue weighted by atomic mass is 9.86. The number of ketones is 1. The van der Waals surface area contributed by atoms with Gasteiger partial charge in [-0.3, -0.25) is 4.79 Å². The zero-order valence-electron chi connectivity index (χ0n) is 8.47. The summed E-state index contributed by atoms with van der Waals surface area (Å²) >= 11 is 0. The van der Waals surface area contributed by atoms with Gasteiger partial charge in [-0.05, 0) is 18.8 Å². The second kappa shape index (κ2) is 4.91. The zero-order valence-corrected chi connectivity index (χ0v) is 8.47. The van der Waals surface area contributed by atoms with Crippen LogP contribution in [0.5, 0.6) is 0 Å². The summed E-state index contributed by atoms with van der Waals surface area (Å²) in [5.74, 6) is 3.04. The molecule has 0 unspecified atom stereocenters. The highest BCUT2D eigenvalue weighted by molar-refractivity contribution is 5.97. The Labute approximate surface area is 80.3 Å². The van der Waals surface area contributed by atoms with Crippen LogP contribution in [0.15, 0.2) is 0 Å². The Morgan fingerprint density at radius 3 is 2.38 bits per heavy atom. The van der Waals surface area contributed by atoms with Crippen LogP contribution in [0.2, 0.25) is 0 Å². The van der Waals surface area contributed by atoms with Crippen LogP contribution in [0.25, 0.3) is 0 Å². The lowest BCUT2D eigenvalue weighted by Gasteiger charge is -2.17. The quantitative estimate of drug-likeness (QED) is 0.450. The molecule has 1 aliphatic rings. The van der Waals surface area contributed by atoms with Gasteiger partial charge < -0.3 is 4.90 Å². The highest BCUT2D eigenvalue weighted by atomic mass is 16.1. The molecule has 0 heterocycles. The first-order chi connectivity index (χ1) is 6.20. The van der Waals surface area contributed by atoms with Crippen molar-refractivity contribution in [1.29, 1.82) is 0 Å². The molecule has 0 atom stereocenters. The monoisotopic (exact) mass is 179 g/mol. The molecule has 0 aromatic heterocycles. The SMILES string of the molecule is CN(C)C#CC(=O)C1CCCCC1. The number of hydrogen-bond acceptors (Lipinski definition) is 2. The van der Waals surface area contributed by atoms with E-state index in [1.807, 2.05) is 14.1 Å². The van der Waals surface area contributed by atoms with Crippen LogP contribution in [-0.2, 0) is 4.79 Å². The van der Waals surface area contributed by atoms with Crippen LogP contribution < -0.4 is 0 Å². The summed E-state index contributed by atoms with van der Waals surface area (Å²) in [7, 11) is 3.70. The van der Waals surface area contributed by atoms with Crippen LogP contribution in [0, 0.1) is 17.9 Å². The van der Waals surface area contributed by atoms with Crippen molar-refractivity contribution in [1.82, 2.24) is 4.90 Å². The molecule has 13 heavy (non-hydrogen) atoms. The first kappa shape index (κ1) is 10.1. The second-order valence-corrected chi connectivity index (χ2v) is 3.83.